The van der Waals surface area contributed by atoms with E-state index in [2.05, 4.69) is 0 Å². The van der Waals surface area contributed by atoms with Crippen LogP contribution in [0.25, 0.3) is 0 Å². The van der Waals surface area contributed by atoms with E-state index >= 15 is 0 Å². The first-order chi connectivity index (χ1) is 5.33. The van der Waals surface area contributed by atoms with Crippen LogP contribution in [0.1, 0.15) is 19.3 Å². The van der Waals surface area contributed by atoms with Crippen molar-refractivity contribution in [3.05, 3.63) is 0 Å². The molecule has 11 heavy (non-hydrogen) atoms. The molecule has 0 spiro atoms. The second-order valence-corrected chi connectivity index (χ2v) is 4.25. The molecular formula is C8H11ClO2. The van der Waals surface area contributed by atoms with E-state index in [1.165, 1.54) is 0 Å². The summed E-state index contributed by atoms with van der Waals surface area (Å²) in [6.07, 6.45) is 4.60. The predicted octanol–water partition coefficient (Wildman–Crippen LogP) is 1.31. The van der Waals surface area contributed by atoms with Gasteiger partial charge in [-0.05, 0) is 6.42 Å². The fraction of sp³-hybridized carbons (Fsp3) is 1.00. The van der Waals surface area contributed by atoms with Crippen molar-refractivity contribution in [2.24, 2.45) is 0 Å². The van der Waals surface area contributed by atoms with E-state index in [-0.39, 0.29) is 17.6 Å². The molecule has 4 heterocycles. The molecule has 4 saturated heterocycles. The SMILES string of the molecule is ClC1C2CC3CC(CC1O3)O2. The fourth-order valence-electron chi connectivity index (χ4n) is 2.48. The van der Waals surface area contributed by atoms with Crippen molar-refractivity contribution < 1.29 is 9.47 Å². The Morgan fingerprint density at radius 2 is 1.45 bits per heavy atom. The molecule has 0 saturated carbocycles. The molecule has 4 atom stereocenters. The molecule has 3 heteroatoms. The van der Waals surface area contributed by atoms with Crippen molar-refractivity contribution in [1.29, 1.82) is 0 Å². The minimum atomic E-state index is 0.114. The smallest absolute Gasteiger partial charge is 0.0861 e. The van der Waals surface area contributed by atoms with Gasteiger partial charge in [0.05, 0.1) is 29.8 Å². The highest BCUT2D eigenvalue weighted by Crippen LogP contribution is 2.42. The Labute approximate surface area is 70.8 Å². The monoisotopic (exact) mass is 174 g/mol. The summed E-state index contributed by atoms with van der Waals surface area (Å²) in [5.74, 6) is 0. The van der Waals surface area contributed by atoms with Gasteiger partial charge in [-0.1, -0.05) is 0 Å². The molecule has 62 valence electrons. The van der Waals surface area contributed by atoms with E-state index in [0.717, 1.165) is 19.3 Å². The van der Waals surface area contributed by atoms with Crippen molar-refractivity contribution in [2.75, 3.05) is 0 Å². The molecule has 4 aliphatic rings. The quantitative estimate of drug-likeness (QED) is 0.516. The zero-order valence-electron chi connectivity index (χ0n) is 6.20. The molecule has 0 aromatic heterocycles. The second-order valence-electron chi connectivity index (χ2n) is 3.74. The van der Waals surface area contributed by atoms with Crippen LogP contribution >= 0.6 is 11.6 Å². The van der Waals surface area contributed by atoms with Gasteiger partial charge in [-0.3, -0.25) is 0 Å². The number of rotatable bonds is 0. The van der Waals surface area contributed by atoms with Crippen LogP contribution in [0.2, 0.25) is 0 Å². The zero-order valence-corrected chi connectivity index (χ0v) is 6.96. The minimum absolute atomic E-state index is 0.114. The van der Waals surface area contributed by atoms with Gasteiger partial charge in [-0.25, -0.2) is 0 Å². The maximum atomic E-state index is 6.12. The van der Waals surface area contributed by atoms with E-state index in [4.69, 9.17) is 21.1 Å². The average Bonchev–Trinajstić information content (AvgIpc) is 1.98. The molecule has 0 amide bonds. The van der Waals surface area contributed by atoms with Gasteiger partial charge in [0.25, 0.3) is 0 Å². The average molecular weight is 175 g/mol. The molecule has 2 nitrogen and oxygen atoms in total. The Balaban J connectivity index is 1.91. The lowest BCUT2D eigenvalue weighted by Gasteiger charge is -2.51. The van der Waals surface area contributed by atoms with Crippen LogP contribution in [0.15, 0.2) is 0 Å². The minimum Gasteiger partial charge on any atom is -0.373 e. The van der Waals surface area contributed by atoms with Crippen molar-refractivity contribution in [2.45, 2.75) is 49.1 Å². The zero-order chi connectivity index (χ0) is 7.42. The van der Waals surface area contributed by atoms with Gasteiger partial charge in [-0.15, -0.1) is 11.6 Å². The molecule has 4 rings (SSSR count). The first-order valence-electron chi connectivity index (χ1n) is 4.28. The third-order valence-corrected chi connectivity index (χ3v) is 3.52. The van der Waals surface area contributed by atoms with Gasteiger partial charge in [0.15, 0.2) is 0 Å². The Hall–Kier alpha value is 0.210. The summed E-state index contributed by atoms with van der Waals surface area (Å²) in [5.41, 5.74) is 0. The third-order valence-electron chi connectivity index (χ3n) is 2.96. The lowest BCUT2D eigenvalue weighted by Crippen LogP contribution is -2.59. The molecule has 0 aliphatic carbocycles. The molecule has 4 bridgehead atoms. The number of ether oxygens (including phenoxy) is 2. The molecular weight excluding hydrogens is 164 g/mol. The highest BCUT2D eigenvalue weighted by Gasteiger charge is 2.49. The summed E-state index contributed by atoms with van der Waals surface area (Å²) in [6.45, 7) is 0. The Morgan fingerprint density at radius 1 is 0.909 bits per heavy atom. The topological polar surface area (TPSA) is 18.5 Å². The van der Waals surface area contributed by atoms with Crippen molar-refractivity contribution >= 4 is 11.6 Å². The lowest BCUT2D eigenvalue weighted by molar-refractivity contribution is -0.234. The van der Waals surface area contributed by atoms with Crippen LogP contribution in [0.4, 0.5) is 0 Å². The van der Waals surface area contributed by atoms with Gasteiger partial charge >= 0.3 is 0 Å². The molecule has 4 fully saturated rings. The molecule has 0 aromatic carbocycles. The highest BCUT2D eigenvalue weighted by atomic mass is 35.5. The summed E-state index contributed by atoms with van der Waals surface area (Å²) in [7, 11) is 0. The largest absolute Gasteiger partial charge is 0.373 e. The van der Waals surface area contributed by atoms with Gasteiger partial charge < -0.3 is 9.47 Å². The first-order valence-corrected chi connectivity index (χ1v) is 4.71. The molecule has 0 N–H and O–H groups in total. The van der Waals surface area contributed by atoms with E-state index in [9.17, 15) is 0 Å². The molecule has 4 unspecified atom stereocenters. The molecule has 0 radical (unpaired) electrons. The van der Waals surface area contributed by atoms with Crippen LogP contribution in [0.3, 0.4) is 0 Å². The summed E-state index contributed by atoms with van der Waals surface area (Å²) < 4.78 is 11.4. The van der Waals surface area contributed by atoms with E-state index in [1.807, 2.05) is 0 Å². The summed E-state index contributed by atoms with van der Waals surface area (Å²) in [6, 6.07) is 0. The van der Waals surface area contributed by atoms with Gasteiger partial charge in [0.2, 0.25) is 0 Å². The maximum absolute atomic E-state index is 6.12. The maximum Gasteiger partial charge on any atom is 0.0861 e. The van der Waals surface area contributed by atoms with Crippen LogP contribution in [-0.4, -0.2) is 29.8 Å². The number of hydrogen-bond donors (Lipinski definition) is 0. The first kappa shape index (κ1) is 6.70. The van der Waals surface area contributed by atoms with Crippen molar-refractivity contribution in [1.82, 2.24) is 0 Å². The summed E-state index contributed by atoms with van der Waals surface area (Å²) in [4.78, 5) is 0. The van der Waals surface area contributed by atoms with Gasteiger partial charge in [0.1, 0.15) is 0 Å². The standard InChI is InChI=1S/C8H11ClO2/c9-8-6-2-4-1-5(11-6)3-7(8)10-4/h4-8H,1-3H2. The molecule has 4 aliphatic heterocycles. The number of hydrogen-bond acceptors (Lipinski definition) is 2. The Kier molecular flexibility index (Phi) is 1.29. The van der Waals surface area contributed by atoms with E-state index in [1.54, 1.807) is 0 Å². The van der Waals surface area contributed by atoms with Gasteiger partial charge in [-0.2, -0.15) is 0 Å². The van der Waals surface area contributed by atoms with Crippen LogP contribution in [-0.2, 0) is 9.47 Å². The van der Waals surface area contributed by atoms with Crippen LogP contribution in [0, 0.1) is 0 Å². The summed E-state index contributed by atoms with van der Waals surface area (Å²) in [5, 5.41) is 0.114. The number of alkyl halides is 1. The fourth-order valence-corrected chi connectivity index (χ4v) is 2.81. The van der Waals surface area contributed by atoms with Gasteiger partial charge in [0, 0.05) is 12.8 Å². The van der Waals surface area contributed by atoms with Crippen LogP contribution in [0.5, 0.6) is 0 Å². The molecule has 0 aromatic rings. The normalized spacial score (nSPS) is 60.3. The van der Waals surface area contributed by atoms with E-state index < -0.39 is 0 Å². The second kappa shape index (κ2) is 2.12. The van der Waals surface area contributed by atoms with Crippen molar-refractivity contribution in [3.8, 4) is 0 Å². The highest BCUT2D eigenvalue weighted by molar-refractivity contribution is 6.21. The Morgan fingerprint density at radius 3 is 2.00 bits per heavy atom. The van der Waals surface area contributed by atoms with E-state index in [0.29, 0.717) is 12.2 Å². The Bertz CT molecular complexity index is 155. The lowest BCUT2D eigenvalue weighted by atomic mass is 9.84. The summed E-state index contributed by atoms with van der Waals surface area (Å²) >= 11 is 6.12. The van der Waals surface area contributed by atoms with Crippen LogP contribution < -0.4 is 0 Å². The number of halogens is 1. The predicted molar refractivity (Wildman–Crippen MR) is 40.8 cm³/mol. The van der Waals surface area contributed by atoms with Crippen molar-refractivity contribution in [3.63, 3.8) is 0 Å². The third kappa shape index (κ3) is 0.865.